The molecule has 0 spiro atoms. The summed E-state index contributed by atoms with van der Waals surface area (Å²) in [6.45, 7) is 0.807. The zero-order chi connectivity index (χ0) is 12.5. The van der Waals surface area contributed by atoms with Crippen LogP contribution in [0.5, 0.6) is 11.5 Å². The van der Waals surface area contributed by atoms with Gasteiger partial charge in [0.2, 0.25) is 0 Å². The van der Waals surface area contributed by atoms with Crippen LogP contribution in [0.2, 0.25) is 0 Å². The van der Waals surface area contributed by atoms with Crippen LogP contribution >= 0.6 is 0 Å². The molecule has 6 heteroatoms. The highest BCUT2D eigenvalue weighted by atomic mass is 32.2. The van der Waals surface area contributed by atoms with E-state index in [1.807, 2.05) is 0 Å². The lowest BCUT2D eigenvalue weighted by molar-refractivity contribution is 0.0270. The smallest absolute Gasteiger partial charge is 0.175 e. The fraction of sp³-hybridized carbons (Fsp3) is 0.455. The largest absolute Gasteiger partial charge is 0.486 e. The van der Waals surface area contributed by atoms with E-state index in [1.165, 1.54) is 12.1 Å². The maximum atomic E-state index is 11.4. The topological polar surface area (TPSA) is 61.8 Å². The zero-order valence-electron chi connectivity index (χ0n) is 9.67. The number of ether oxygens (including phenoxy) is 3. The van der Waals surface area contributed by atoms with Gasteiger partial charge < -0.3 is 14.2 Å². The van der Waals surface area contributed by atoms with Crippen LogP contribution in [-0.2, 0) is 14.6 Å². The molecule has 0 radical (unpaired) electrons. The van der Waals surface area contributed by atoms with Crippen molar-refractivity contribution in [3.05, 3.63) is 18.2 Å². The van der Waals surface area contributed by atoms with Gasteiger partial charge in [-0.25, -0.2) is 8.42 Å². The summed E-state index contributed by atoms with van der Waals surface area (Å²) in [5.74, 6) is 1.01. The molecular formula is C11H14O5S. The number of hydrogen-bond acceptors (Lipinski definition) is 5. The Morgan fingerprint density at radius 3 is 2.82 bits per heavy atom. The lowest BCUT2D eigenvalue weighted by atomic mass is 10.2. The molecule has 0 bridgehead atoms. The van der Waals surface area contributed by atoms with E-state index in [-0.39, 0.29) is 11.0 Å². The number of benzene rings is 1. The summed E-state index contributed by atoms with van der Waals surface area (Å²) in [6.07, 6.45) is 0.952. The monoisotopic (exact) mass is 258 g/mol. The van der Waals surface area contributed by atoms with E-state index in [2.05, 4.69) is 0 Å². The highest BCUT2D eigenvalue weighted by Crippen LogP contribution is 2.33. The number of hydrogen-bond donors (Lipinski definition) is 0. The molecule has 1 heterocycles. The molecule has 1 aliphatic heterocycles. The van der Waals surface area contributed by atoms with Crippen molar-refractivity contribution in [1.29, 1.82) is 0 Å². The van der Waals surface area contributed by atoms with Gasteiger partial charge >= 0.3 is 0 Å². The van der Waals surface area contributed by atoms with Gasteiger partial charge in [-0.3, -0.25) is 0 Å². The maximum Gasteiger partial charge on any atom is 0.175 e. The molecule has 1 atom stereocenters. The Hall–Kier alpha value is -1.27. The van der Waals surface area contributed by atoms with E-state index in [0.717, 1.165) is 6.26 Å². The Kier molecular flexibility index (Phi) is 3.26. The van der Waals surface area contributed by atoms with Crippen LogP contribution in [-0.4, -0.2) is 41.1 Å². The Bertz CT molecular complexity index is 509. The summed E-state index contributed by atoms with van der Waals surface area (Å²) in [7, 11) is -1.66. The van der Waals surface area contributed by atoms with E-state index >= 15 is 0 Å². The van der Waals surface area contributed by atoms with Crippen LogP contribution < -0.4 is 9.47 Å². The summed E-state index contributed by atoms with van der Waals surface area (Å²) < 4.78 is 38.8. The first-order chi connectivity index (χ1) is 8.00. The van der Waals surface area contributed by atoms with Crippen LogP contribution in [0.4, 0.5) is 0 Å². The third kappa shape index (κ3) is 2.70. The van der Waals surface area contributed by atoms with Crippen LogP contribution in [0.3, 0.4) is 0 Å². The molecule has 2 rings (SSSR count). The van der Waals surface area contributed by atoms with Gasteiger partial charge in [-0.15, -0.1) is 0 Å². The molecule has 17 heavy (non-hydrogen) atoms. The van der Waals surface area contributed by atoms with Crippen molar-refractivity contribution in [3.63, 3.8) is 0 Å². The maximum absolute atomic E-state index is 11.4. The Balaban J connectivity index is 2.29. The molecule has 0 aliphatic carbocycles. The van der Waals surface area contributed by atoms with Crippen LogP contribution in [0.1, 0.15) is 0 Å². The average Bonchev–Trinajstić information content (AvgIpc) is 2.27. The number of sulfone groups is 1. The van der Waals surface area contributed by atoms with Crippen LogP contribution in [0.25, 0.3) is 0 Å². The van der Waals surface area contributed by atoms with Gasteiger partial charge in [0.05, 0.1) is 11.5 Å². The van der Waals surface area contributed by atoms with Crippen molar-refractivity contribution in [2.24, 2.45) is 0 Å². The first kappa shape index (κ1) is 12.2. The van der Waals surface area contributed by atoms with E-state index < -0.39 is 9.84 Å². The summed E-state index contributed by atoms with van der Waals surface area (Å²) in [4.78, 5) is 0.220. The summed E-state index contributed by atoms with van der Waals surface area (Å²) in [5, 5.41) is 0. The minimum absolute atomic E-state index is 0.206. The van der Waals surface area contributed by atoms with Crippen molar-refractivity contribution in [1.82, 2.24) is 0 Å². The second kappa shape index (κ2) is 4.54. The highest BCUT2D eigenvalue weighted by Gasteiger charge is 2.22. The fourth-order valence-electron chi connectivity index (χ4n) is 1.59. The van der Waals surface area contributed by atoms with Crippen LogP contribution in [0, 0.1) is 0 Å². The van der Waals surface area contributed by atoms with Crippen molar-refractivity contribution in [2.75, 3.05) is 26.6 Å². The van der Waals surface area contributed by atoms with Gasteiger partial charge in [0.25, 0.3) is 0 Å². The standard InChI is InChI=1S/C11H14O5S/c1-14-6-8-7-15-10-4-3-9(17(2,12)13)5-11(10)16-8/h3-5,8H,6-7H2,1-2H3. The molecule has 0 saturated heterocycles. The summed E-state index contributed by atoms with van der Waals surface area (Å²) >= 11 is 0. The van der Waals surface area contributed by atoms with E-state index in [9.17, 15) is 8.42 Å². The zero-order valence-corrected chi connectivity index (χ0v) is 10.5. The molecule has 1 aromatic carbocycles. The second-order valence-electron chi connectivity index (χ2n) is 3.89. The number of rotatable bonds is 3. The van der Waals surface area contributed by atoms with E-state index in [1.54, 1.807) is 13.2 Å². The number of fused-ring (bicyclic) bond motifs is 1. The van der Waals surface area contributed by atoms with Gasteiger partial charge in [0, 0.05) is 19.4 Å². The molecule has 1 aliphatic rings. The van der Waals surface area contributed by atoms with Crippen molar-refractivity contribution in [2.45, 2.75) is 11.0 Å². The predicted molar refractivity (Wildman–Crippen MR) is 61.3 cm³/mol. The Labute approximate surface area is 100 Å². The first-order valence-corrected chi connectivity index (χ1v) is 7.02. The Morgan fingerprint density at radius 1 is 1.41 bits per heavy atom. The molecule has 5 nitrogen and oxygen atoms in total. The Morgan fingerprint density at radius 2 is 2.18 bits per heavy atom. The molecule has 1 unspecified atom stereocenters. The van der Waals surface area contributed by atoms with Gasteiger partial charge in [0.1, 0.15) is 6.61 Å². The predicted octanol–water partition coefficient (Wildman–Crippen LogP) is 0.876. The van der Waals surface area contributed by atoms with Gasteiger partial charge in [-0.05, 0) is 12.1 Å². The third-order valence-electron chi connectivity index (χ3n) is 2.41. The average molecular weight is 258 g/mol. The summed E-state index contributed by atoms with van der Waals surface area (Å²) in [5.41, 5.74) is 0. The first-order valence-electron chi connectivity index (χ1n) is 5.13. The minimum Gasteiger partial charge on any atom is -0.486 e. The van der Waals surface area contributed by atoms with Gasteiger partial charge in [-0.2, -0.15) is 0 Å². The molecule has 0 N–H and O–H groups in total. The normalized spacial score (nSPS) is 19.1. The van der Waals surface area contributed by atoms with Crippen LogP contribution in [0.15, 0.2) is 23.1 Å². The molecular weight excluding hydrogens is 244 g/mol. The van der Waals surface area contributed by atoms with Crippen molar-refractivity contribution >= 4 is 9.84 Å². The van der Waals surface area contributed by atoms with E-state index in [0.29, 0.717) is 24.7 Å². The lowest BCUT2D eigenvalue weighted by Gasteiger charge is -2.26. The van der Waals surface area contributed by atoms with Gasteiger partial charge in [0.15, 0.2) is 27.4 Å². The van der Waals surface area contributed by atoms with Gasteiger partial charge in [-0.1, -0.05) is 0 Å². The lowest BCUT2D eigenvalue weighted by Crippen LogP contribution is -2.33. The van der Waals surface area contributed by atoms with E-state index in [4.69, 9.17) is 14.2 Å². The minimum atomic E-state index is -3.23. The second-order valence-corrected chi connectivity index (χ2v) is 5.90. The molecule has 94 valence electrons. The SMILES string of the molecule is COCC1COc2ccc(S(C)(=O)=O)cc2O1. The molecule has 0 aromatic heterocycles. The van der Waals surface area contributed by atoms with Crippen molar-refractivity contribution < 1.29 is 22.6 Å². The highest BCUT2D eigenvalue weighted by molar-refractivity contribution is 7.90. The fourth-order valence-corrected chi connectivity index (χ4v) is 2.23. The summed E-state index contributed by atoms with van der Waals surface area (Å²) in [6, 6.07) is 4.59. The third-order valence-corrected chi connectivity index (χ3v) is 3.52. The van der Waals surface area contributed by atoms with Crippen molar-refractivity contribution in [3.8, 4) is 11.5 Å². The number of methoxy groups -OCH3 is 1. The molecule has 0 amide bonds. The molecule has 1 aromatic rings. The molecule has 0 fully saturated rings. The quantitative estimate of drug-likeness (QED) is 0.805. The molecule has 0 saturated carbocycles.